The molecule has 0 aliphatic carbocycles. The topological polar surface area (TPSA) is 79.0 Å². The lowest BCUT2D eigenvalue weighted by Gasteiger charge is -2.26. The van der Waals surface area contributed by atoms with Gasteiger partial charge in [-0.1, -0.05) is 60.2 Å². The minimum atomic E-state index is -3.93. The lowest BCUT2D eigenvalue weighted by atomic mass is 10.1. The Kier molecular flexibility index (Phi) is 8.40. The number of carbonyl (C=O) groups is 1. The van der Waals surface area contributed by atoms with Crippen molar-refractivity contribution in [1.82, 2.24) is 10.2 Å². The van der Waals surface area contributed by atoms with E-state index < -0.39 is 10.0 Å². The minimum absolute atomic E-state index is 0.147. The number of aryl methyl sites for hydroxylation is 2. The van der Waals surface area contributed by atoms with Crippen molar-refractivity contribution in [3.8, 4) is 0 Å². The Labute approximate surface area is 213 Å². The molecular formula is C28H33N3O4S. The van der Waals surface area contributed by atoms with Crippen LogP contribution < -0.4 is 9.62 Å². The van der Waals surface area contributed by atoms with Crippen LogP contribution in [0.2, 0.25) is 0 Å². The van der Waals surface area contributed by atoms with Gasteiger partial charge in [0, 0.05) is 26.2 Å². The summed E-state index contributed by atoms with van der Waals surface area (Å²) in [5, 5.41) is 2.91. The molecule has 0 bridgehead atoms. The molecule has 1 aliphatic rings. The minimum Gasteiger partial charge on any atom is -0.379 e. The van der Waals surface area contributed by atoms with Crippen LogP contribution in [-0.4, -0.2) is 52.1 Å². The summed E-state index contributed by atoms with van der Waals surface area (Å²) < 4.78 is 33.7. The summed E-state index contributed by atoms with van der Waals surface area (Å²) in [7, 11) is -3.93. The van der Waals surface area contributed by atoms with Crippen molar-refractivity contribution < 1.29 is 17.9 Å². The van der Waals surface area contributed by atoms with Crippen LogP contribution >= 0.6 is 0 Å². The van der Waals surface area contributed by atoms with Crippen LogP contribution in [0.5, 0.6) is 0 Å². The van der Waals surface area contributed by atoms with Crippen molar-refractivity contribution in [2.24, 2.45) is 0 Å². The average molecular weight is 508 g/mol. The van der Waals surface area contributed by atoms with Crippen molar-refractivity contribution in [3.63, 3.8) is 0 Å². The van der Waals surface area contributed by atoms with Crippen molar-refractivity contribution in [2.45, 2.75) is 31.8 Å². The second kappa shape index (κ2) is 11.7. The van der Waals surface area contributed by atoms with Crippen molar-refractivity contribution in [1.29, 1.82) is 0 Å². The summed E-state index contributed by atoms with van der Waals surface area (Å²) >= 11 is 0. The maximum absolute atomic E-state index is 13.5. The van der Waals surface area contributed by atoms with Gasteiger partial charge in [0.25, 0.3) is 10.0 Å². The highest BCUT2D eigenvalue weighted by atomic mass is 32.2. The number of nitrogens with zero attached hydrogens (tertiary/aromatic N) is 2. The lowest BCUT2D eigenvalue weighted by Crippen LogP contribution is -2.41. The van der Waals surface area contributed by atoms with Gasteiger partial charge >= 0.3 is 0 Å². The van der Waals surface area contributed by atoms with Crippen LogP contribution in [-0.2, 0) is 32.6 Å². The number of sulfonamides is 1. The van der Waals surface area contributed by atoms with Gasteiger partial charge in [0.1, 0.15) is 6.54 Å². The number of morpholine rings is 1. The highest BCUT2D eigenvalue weighted by Crippen LogP contribution is 2.27. The summed E-state index contributed by atoms with van der Waals surface area (Å²) in [6.45, 7) is 7.96. The first-order valence-corrected chi connectivity index (χ1v) is 13.6. The molecule has 1 fully saturated rings. The van der Waals surface area contributed by atoms with E-state index in [1.807, 2.05) is 38.1 Å². The Morgan fingerprint density at radius 2 is 1.67 bits per heavy atom. The molecule has 1 saturated heterocycles. The zero-order chi connectivity index (χ0) is 25.5. The van der Waals surface area contributed by atoms with E-state index in [4.69, 9.17) is 4.74 Å². The zero-order valence-electron chi connectivity index (χ0n) is 20.8. The van der Waals surface area contributed by atoms with Gasteiger partial charge < -0.3 is 10.1 Å². The number of amides is 1. The number of anilines is 1. The summed E-state index contributed by atoms with van der Waals surface area (Å²) in [5.74, 6) is -0.368. The fourth-order valence-electron chi connectivity index (χ4n) is 4.35. The van der Waals surface area contributed by atoms with Gasteiger partial charge in [0.05, 0.1) is 23.8 Å². The predicted molar refractivity (Wildman–Crippen MR) is 141 cm³/mol. The Bertz CT molecular complexity index is 1290. The molecule has 1 N–H and O–H groups in total. The van der Waals surface area contributed by atoms with Gasteiger partial charge in [-0.2, -0.15) is 0 Å². The molecule has 1 amide bonds. The number of rotatable bonds is 9. The Morgan fingerprint density at radius 1 is 0.944 bits per heavy atom. The molecule has 7 nitrogen and oxygen atoms in total. The number of carbonyl (C=O) groups excluding carboxylic acids is 1. The van der Waals surface area contributed by atoms with E-state index in [0.717, 1.165) is 49.5 Å². The van der Waals surface area contributed by atoms with E-state index in [2.05, 4.69) is 22.3 Å². The fraction of sp³-hybridized carbons (Fsp3) is 0.321. The first-order chi connectivity index (χ1) is 17.3. The van der Waals surface area contributed by atoms with Crippen LogP contribution in [0, 0.1) is 13.8 Å². The number of benzene rings is 3. The molecule has 0 saturated carbocycles. The Balaban J connectivity index is 1.48. The van der Waals surface area contributed by atoms with E-state index in [1.54, 1.807) is 36.4 Å². The molecule has 0 unspecified atom stereocenters. The molecule has 1 aliphatic heterocycles. The molecule has 190 valence electrons. The van der Waals surface area contributed by atoms with Gasteiger partial charge in [-0.15, -0.1) is 0 Å². The molecule has 0 atom stereocenters. The molecular weight excluding hydrogens is 474 g/mol. The van der Waals surface area contributed by atoms with Gasteiger partial charge in [-0.3, -0.25) is 14.0 Å². The second-order valence-corrected chi connectivity index (χ2v) is 11.0. The highest BCUT2D eigenvalue weighted by molar-refractivity contribution is 7.92. The highest BCUT2D eigenvalue weighted by Gasteiger charge is 2.28. The number of nitrogens with one attached hydrogen (secondary N) is 1. The molecule has 3 aromatic carbocycles. The quantitative estimate of drug-likeness (QED) is 0.478. The van der Waals surface area contributed by atoms with Crippen LogP contribution in [0.1, 0.15) is 22.3 Å². The van der Waals surface area contributed by atoms with Gasteiger partial charge in [-0.25, -0.2) is 8.42 Å². The lowest BCUT2D eigenvalue weighted by molar-refractivity contribution is -0.119. The van der Waals surface area contributed by atoms with E-state index in [9.17, 15) is 13.2 Å². The average Bonchev–Trinajstić information content (AvgIpc) is 2.88. The predicted octanol–water partition coefficient (Wildman–Crippen LogP) is 3.65. The van der Waals surface area contributed by atoms with Crippen LogP contribution in [0.25, 0.3) is 0 Å². The molecule has 36 heavy (non-hydrogen) atoms. The maximum atomic E-state index is 13.5. The van der Waals surface area contributed by atoms with E-state index >= 15 is 0 Å². The van der Waals surface area contributed by atoms with Gasteiger partial charge in [0.2, 0.25) is 5.91 Å². The first kappa shape index (κ1) is 25.9. The molecule has 0 spiro atoms. The molecule has 8 heteroatoms. The summed E-state index contributed by atoms with van der Waals surface area (Å²) in [6, 6.07) is 21.8. The standard InChI is InChI=1S/C28H33N3O4S/c1-22-11-12-27(23(2)17-22)31(36(33,34)26-9-4-3-5-10-26)21-28(32)29-19-24-7-6-8-25(18-24)20-30-13-15-35-16-14-30/h3-12,17-18H,13-16,19-21H2,1-2H3,(H,29,32). The third-order valence-electron chi connectivity index (χ3n) is 6.23. The van der Waals surface area contributed by atoms with Crippen LogP contribution in [0.4, 0.5) is 5.69 Å². The Morgan fingerprint density at radius 3 is 2.39 bits per heavy atom. The first-order valence-electron chi connectivity index (χ1n) is 12.1. The Hall–Kier alpha value is -3.20. The molecule has 1 heterocycles. The molecule has 4 rings (SSSR count). The number of ether oxygens (including phenoxy) is 1. The van der Waals surface area contributed by atoms with E-state index in [1.165, 1.54) is 9.87 Å². The zero-order valence-corrected chi connectivity index (χ0v) is 21.6. The largest absolute Gasteiger partial charge is 0.379 e. The fourth-order valence-corrected chi connectivity index (χ4v) is 5.85. The van der Waals surface area contributed by atoms with Gasteiger partial charge in [0.15, 0.2) is 0 Å². The van der Waals surface area contributed by atoms with E-state index in [-0.39, 0.29) is 17.3 Å². The summed E-state index contributed by atoms with van der Waals surface area (Å²) in [4.78, 5) is 15.5. The summed E-state index contributed by atoms with van der Waals surface area (Å²) in [6.07, 6.45) is 0. The SMILES string of the molecule is Cc1ccc(N(CC(=O)NCc2cccc(CN3CCOCC3)c2)S(=O)(=O)c2ccccc2)c(C)c1. The molecule has 0 aromatic heterocycles. The molecule has 0 radical (unpaired) electrons. The smallest absolute Gasteiger partial charge is 0.264 e. The van der Waals surface area contributed by atoms with Crippen molar-refractivity contribution in [3.05, 3.63) is 95.1 Å². The van der Waals surface area contributed by atoms with Crippen LogP contribution in [0.3, 0.4) is 0 Å². The summed E-state index contributed by atoms with van der Waals surface area (Å²) in [5.41, 5.74) is 4.45. The number of hydrogen-bond donors (Lipinski definition) is 1. The third-order valence-corrected chi connectivity index (χ3v) is 8.00. The molecule has 3 aromatic rings. The third kappa shape index (κ3) is 6.51. The normalized spacial score (nSPS) is 14.4. The number of hydrogen-bond acceptors (Lipinski definition) is 5. The second-order valence-electron chi connectivity index (χ2n) is 9.10. The van der Waals surface area contributed by atoms with E-state index in [0.29, 0.717) is 12.2 Å². The maximum Gasteiger partial charge on any atom is 0.264 e. The van der Waals surface area contributed by atoms with Gasteiger partial charge in [-0.05, 0) is 48.7 Å². The monoisotopic (exact) mass is 507 g/mol. The van der Waals surface area contributed by atoms with Crippen molar-refractivity contribution in [2.75, 3.05) is 37.2 Å². The van der Waals surface area contributed by atoms with Crippen molar-refractivity contribution >= 4 is 21.6 Å². The van der Waals surface area contributed by atoms with Crippen LogP contribution in [0.15, 0.2) is 77.7 Å².